The van der Waals surface area contributed by atoms with Gasteiger partial charge in [0.15, 0.2) is 0 Å². The van der Waals surface area contributed by atoms with Crippen LogP contribution in [0.3, 0.4) is 0 Å². The number of ether oxygens (including phenoxy) is 1. The molecule has 0 fully saturated rings. The van der Waals surface area contributed by atoms with Crippen molar-refractivity contribution in [3.05, 3.63) is 21.9 Å². The van der Waals surface area contributed by atoms with Crippen molar-refractivity contribution < 1.29 is 26.7 Å². The van der Waals surface area contributed by atoms with Crippen LogP contribution in [0.25, 0.3) is 0 Å². The number of hydrogen-bond donors (Lipinski definition) is 0. The van der Waals surface area contributed by atoms with Crippen molar-refractivity contribution in [1.82, 2.24) is 4.98 Å². The van der Waals surface area contributed by atoms with Crippen molar-refractivity contribution in [3.8, 4) is 5.75 Å². The zero-order valence-electron chi connectivity index (χ0n) is 7.78. The van der Waals surface area contributed by atoms with Crippen molar-refractivity contribution in [2.45, 2.75) is 12.6 Å². The zero-order valence-corrected chi connectivity index (χ0v) is 9.36. The average Bonchev–Trinajstić information content (AvgIpc) is 2.15. The fraction of sp³-hybridized carbons (Fsp3) is 0.375. The van der Waals surface area contributed by atoms with Gasteiger partial charge >= 0.3 is 6.18 Å². The number of pyridine rings is 1. The molecule has 0 radical (unpaired) electrons. The highest BCUT2D eigenvalue weighted by atomic mass is 79.9. The predicted octanol–water partition coefficient (Wildman–Crippen LogP) is 3.81. The summed E-state index contributed by atoms with van der Waals surface area (Å²) in [6, 6.07) is 0.485. The fourth-order valence-corrected chi connectivity index (χ4v) is 1.53. The topological polar surface area (TPSA) is 22.1 Å². The maximum absolute atomic E-state index is 12.4. The summed E-state index contributed by atoms with van der Waals surface area (Å²) in [6.45, 7) is 0. The van der Waals surface area contributed by atoms with E-state index >= 15 is 0 Å². The van der Waals surface area contributed by atoms with Crippen LogP contribution >= 0.6 is 15.9 Å². The number of halogens is 6. The van der Waals surface area contributed by atoms with E-state index in [1.807, 2.05) is 0 Å². The maximum Gasteiger partial charge on any atom is 0.419 e. The molecule has 0 bridgehead atoms. The lowest BCUT2D eigenvalue weighted by Gasteiger charge is -2.13. The average molecular weight is 306 g/mol. The molecule has 0 atom stereocenters. The molecule has 0 aliphatic carbocycles. The van der Waals surface area contributed by atoms with Crippen LogP contribution in [0.15, 0.2) is 10.7 Å². The van der Waals surface area contributed by atoms with Crippen LogP contribution < -0.4 is 4.74 Å². The summed E-state index contributed by atoms with van der Waals surface area (Å²) in [5.41, 5.74) is -1.99. The third kappa shape index (κ3) is 2.60. The van der Waals surface area contributed by atoms with Gasteiger partial charge in [0.2, 0.25) is 0 Å². The van der Waals surface area contributed by atoms with Crippen LogP contribution in [-0.4, -0.2) is 12.1 Å². The largest absolute Gasteiger partial charge is 0.495 e. The molecule has 8 heteroatoms. The first-order valence-electron chi connectivity index (χ1n) is 3.87. The molecule has 0 spiro atoms. The number of aromatic nitrogens is 1. The Kier molecular flexibility index (Phi) is 3.72. The highest BCUT2D eigenvalue weighted by Gasteiger charge is 2.35. The minimum absolute atomic E-state index is 0.485. The maximum atomic E-state index is 12.4. The van der Waals surface area contributed by atoms with Gasteiger partial charge in [0.25, 0.3) is 6.43 Å². The van der Waals surface area contributed by atoms with Crippen LogP contribution in [0.4, 0.5) is 22.0 Å². The molecule has 0 saturated heterocycles. The molecule has 1 aromatic rings. The Balaban J connectivity index is 3.37. The van der Waals surface area contributed by atoms with Crippen molar-refractivity contribution in [3.63, 3.8) is 0 Å². The van der Waals surface area contributed by atoms with Crippen molar-refractivity contribution >= 4 is 15.9 Å². The van der Waals surface area contributed by atoms with E-state index in [2.05, 4.69) is 25.7 Å². The summed E-state index contributed by atoms with van der Waals surface area (Å²) in [5.74, 6) is -0.592. The van der Waals surface area contributed by atoms with Crippen molar-refractivity contribution in [2.24, 2.45) is 0 Å². The van der Waals surface area contributed by atoms with Gasteiger partial charge in [-0.3, -0.25) is 0 Å². The molecule has 0 amide bonds. The second-order valence-corrected chi connectivity index (χ2v) is 3.46. The minimum atomic E-state index is -4.68. The summed E-state index contributed by atoms with van der Waals surface area (Å²) < 4.78 is 65.7. The van der Waals surface area contributed by atoms with Crippen LogP contribution in [0.1, 0.15) is 17.7 Å². The van der Waals surface area contributed by atoms with Gasteiger partial charge in [-0.25, -0.2) is 13.8 Å². The number of methoxy groups -OCH3 is 1. The molecule has 0 unspecified atom stereocenters. The summed E-state index contributed by atoms with van der Waals surface area (Å²) >= 11 is 2.49. The highest BCUT2D eigenvalue weighted by Crippen LogP contribution is 2.39. The molecule has 0 aliphatic rings. The molecular weight excluding hydrogens is 301 g/mol. The van der Waals surface area contributed by atoms with E-state index in [1.54, 1.807) is 0 Å². The quantitative estimate of drug-likeness (QED) is 0.612. The van der Waals surface area contributed by atoms with Crippen molar-refractivity contribution in [2.75, 3.05) is 7.11 Å². The number of nitrogens with zero attached hydrogens (tertiary/aromatic N) is 1. The standard InChI is InChI=1S/C8H5BrF5NO/c1-16-4-2-3(8(12,13)14)6(9)15-5(4)7(10)11/h2,7H,1H3. The van der Waals surface area contributed by atoms with Gasteiger partial charge in [-0.1, -0.05) is 0 Å². The van der Waals surface area contributed by atoms with E-state index in [0.717, 1.165) is 7.11 Å². The minimum Gasteiger partial charge on any atom is -0.495 e. The summed E-state index contributed by atoms with van der Waals surface area (Å²) in [4.78, 5) is 3.13. The summed E-state index contributed by atoms with van der Waals surface area (Å²) in [5, 5.41) is 0. The molecular formula is C8H5BrF5NO. The number of rotatable bonds is 2. The predicted molar refractivity (Wildman–Crippen MR) is 48.4 cm³/mol. The van der Waals surface area contributed by atoms with Crippen LogP contribution in [0.2, 0.25) is 0 Å². The van der Waals surface area contributed by atoms with E-state index < -0.39 is 34.2 Å². The molecule has 0 N–H and O–H groups in total. The van der Waals surface area contributed by atoms with Gasteiger partial charge in [0.1, 0.15) is 16.0 Å². The monoisotopic (exact) mass is 305 g/mol. The molecule has 0 saturated carbocycles. The van der Waals surface area contributed by atoms with Gasteiger partial charge < -0.3 is 4.74 Å². The Bertz CT molecular complexity index is 393. The fourth-order valence-electron chi connectivity index (χ4n) is 1.00. The Morgan fingerprint density at radius 2 is 1.94 bits per heavy atom. The van der Waals surface area contributed by atoms with E-state index in [4.69, 9.17) is 0 Å². The number of hydrogen-bond acceptors (Lipinski definition) is 2. The van der Waals surface area contributed by atoms with Gasteiger partial charge in [-0.05, 0) is 22.0 Å². The highest BCUT2D eigenvalue weighted by molar-refractivity contribution is 9.10. The third-order valence-corrected chi connectivity index (χ3v) is 2.31. The Hall–Kier alpha value is -0.920. The van der Waals surface area contributed by atoms with E-state index in [-0.39, 0.29) is 0 Å². The Morgan fingerprint density at radius 1 is 1.38 bits per heavy atom. The number of alkyl halides is 5. The van der Waals surface area contributed by atoms with E-state index in [9.17, 15) is 22.0 Å². The van der Waals surface area contributed by atoms with E-state index in [0.29, 0.717) is 6.07 Å². The molecule has 16 heavy (non-hydrogen) atoms. The van der Waals surface area contributed by atoms with Gasteiger partial charge in [-0.2, -0.15) is 13.2 Å². The van der Waals surface area contributed by atoms with Gasteiger partial charge in [-0.15, -0.1) is 0 Å². The smallest absolute Gasteiger partial charge is 0.419 e. The molecule has 0 aromatic carbocycles. The molecule has 2 nitrogen and oxygen atoms in total. The Labute approximate surface area is 95.6 Å². The van der Waals surface area contributed by atoms with Gasteiger partial charge in [0.05, 0.1) is 12.7 Å². The van der Waals surface area contributed by atoms with Crippen molar-refractivity contribution in [1.29, 1.82) is 0 Å². The first-order valence-corrected chi connectivity index (χ1v) is 4.66. The lowest BCUT2D eigenvalue weighted by Crippen LogP contribution is -2.09. The Morgan fingerprint density at radius 3 is 2.31 bits per heavy atom. The van der Waals surface area contributed by atoms with Crippen LogP contribution in [-0.2, 0) is 6.18 Å². The lowest BCUT2D eigenvalue weighted by molar-refractivity contribution is -0.138. The molecule has 1 aromatic heterocycles. The van der Waals surface area contributed by atoms with Crippen LogP contribution in [0.5, 0.6) is 5.75 Å². The normalized spacial score (nSPS) is 12.0. The molecule has 90 valence electrons. The zero-order chi connectivity index (χ0) is 12.5. The summed E-state index contributed by atoms with van der Waals surface area (Å²) in [6.07, 6.45) is -7.69. The molecule has 1 rings (SSSR count). The SMILES string of the molecule is COc1cc(C(F)(F)F)c(Br)nc1C(F)F. The molecule has 0 aliphatic heterocycles. The lowest BCUT2D eigenvalue weighted by atomic mass is 10.2. The van der Waals surface area contributed by atoms with Gasteiger partial charge in [0, 0.05) is 0 Å². The summed E-state index contributed by atoms with van der Waals surface area (Å²) in [7, 11) is 0.997. The molecule has 1 heterocycles. The van der Waals surface area contributed by atoms with Crippen LogP contribution in [0, 0.1) is 0 Å². The first-order chi connectivity index (χ1) is 7.27. The van der Waals surface area contributed by atoms with E-state index in [1.165, 1.54) is 0 Å². The first kappa shape index (κ1) is 13.1. The third-order valence-electron chi connectivity index (χ3n) is 1.70. The second kappa shape index (κ2) is 4.52. The second-order valence-electron chi connectivity index (χ2n) is 2.71.